The molecule has 0 aromatic carbocycles. The molecular weight excluding hydrogens is 286 g/mol. The molecule has 0 fully saturated rings. The molecule has 1 aromatic rings. The quantitative estimate of drug-likeness (QED) is 0.812. The van der Waals surface area contributed by atoms with Gasteiger partial charge in [-0.15, -0.1) is 11.3 Å². The van der Waals surface area contributed by atoms with Crippen molar-refractivity contribution in [2.45, 2.75) is 46.8 Å². The van der Waals surface area contributed by atoms with E-state index in [1.807, 2.05) is 32.3 Å². The number of alkyl carbamates (subject to hydrolysis) is 1. The van der Waals surface area contributed by atoms with E-state index in [0.29, 0.717) is 18.4 Å². The Kier molecular flexibility index (Phi) is 7.11. The molecule has 0 saturated heterocycles. The monoisotopic (exact) mass is 313 g/mol. The molecule has 0 aliphatic heterocycles. The van der Waals surface area contributed by atoms with Gasteiger partial charge in [0.2, 0.25) is 0 Å². The largest absolute Gasteiger partial charge is 0.444 e. The Labute approximate surface area is 131 Å². The second-order valence-corrected chi connectivity index (χ2v) is 7.42. The molecular formula is C15H27N3O2S. The topological polar surface area (TPSA) is 63.2 Å². The van der Waals surface area contributed by atoms with Crippen LogP contribution >= 0.6 is 11.3 Å². The Bertz CT molecular complexity index is 413. The van der Waals surface area contributed by atoms with Gasteiger partial charge in [0.25, 0.3) is 0 Å². The van der Waals surface area contributed by atoms with Gasteiger partial charge in [-0.25, -0.2) is 9.78 Å². The summed E-state index contributed by atoms with van der Waals surface area (Å²) in [5.41, 5.74) is -0.458. The van der Waals surface area contributed by atoms with Crippen molar-refractivity contribution in [3.63, 3.8) is 0 Å². The van der Waals surface area contributed by atoms with Crippen molar-refractivity contribution in [2.24, 2.45) is 11.8 Å². The van der Waals surface area contributed by atoms with Crippen LogP contribution in [-0.2, 0) is 11.3 Å². The molecule has 1 unspecified atom stereocenters. The van der Waals surface area contributed by atoms with Crippen LogP contribution in [0.4, 0.5) is 4.79 Å². The Morgan fingerprint density at radius 1 is 1.38 bits per heavy atom. The van der Waals surface area contributed by atoms with Gasteiger partial charge in [-0.2, -0.15) is 0 Å². The Hall–Kier alpha value is -1.14. The third kappa shape index (κ3) is 8.02. The summed E-state index contributed by atoms with van der Waals surface area (Å²) in [6.45, 7) is 12.1. The summed E-state index contributed by atoms with van der Waals surface area (Å²) in [4.78, 5) is 15.9. The molecule has 2 N–H and O–H groups in total. The number of thiazole rings is 1. The van der Waals surface area contributed by atoms with Crippen molar-refractivity contribution in [1.29, 1.82) is 0 Å². The van der Waals surface area contributed by atoms with Gasteiger partial charge in [0.05, 0.1) is 0 Å². The molecule has 6 heteroatoms. The molecule has 0 aliphatic rings. The zero-order chi connectivity index (χ0) is 15.9. The first-order chi connectivity index (χ1) is 9.78. The smallest absolute Gasteiger partial charge is 0.407 e. The van der Waals surface area contributed by atoms with Crippen LogP contribution in [0, 0.1) is 11.8 Å². The minimum absolute atomic E-state index is 0.354. The lowest BCUT2D eigenvalue weighted by Gasteiger charge is -2.24. The third-order valence-corrected chi connectivity index (χ3v) is 3.80. The third-order valence-electron chi connectivity index (χ3n) is 3.02. The van der Waals surface area contributed by atoms with Crippen molar-refractivity contribution in [3.8, 4) is 0 Å². The summed E-state index contributed by atoms with van der Waals surface area (Å²) >= 11 is 1.64. The zero-order valence-electron chi connectivity index (χ0n) is 13.6. The Morgan fingerprint density at radius 3 is 2.62 bits per heavy atom. The minimum Gasteiger partial charge on any atom is -0.444 e. The van der Waals surface area contributed by atoms with Gasteiger partial charge in [-0.1, -0.05) is 13.8 Å². The normalized spacial score (nSPS) is 13.2. The van der Waals surface area contributed by atoms with Crippen molar-refractivity contribution >= 4 is 17.4 Å². The van der Waals surface area contributed by atoms with Crippen LogP contribution < -0.4 is 10.6 Å². The van der Waals surface area contributed by atoms with E-state index in [1.54, 1.807) is 11.3 Å². The Morgan fingerprint density at radius 2 is 2.10 bits per heavy atom. The van der Waals surface area contributed by atoms with Crippen LogP contribution in [0.2, 0.25) is 0 Å². The van der Waals surface area contributed by atoms with Crippen molar-refractivity contribution in [1.82, 2.24) is 15.6 Å². The summed E-state index contributed by atoms with van der Waals surface area (Å²) in [6.07, 6.45) is 1.46. The molecule has 0 bridgehead atoms. The van der Waals surface area contributed by atoms with Crippen molar-refractivity contribution < 1.29 is 9.53 Å². The highest BCUT2D eigenvalue weighted by atomic mass is 32.1. The second-order valence-electron chi connectivity index (χ2n) is 6.44. The number of rotatable bonds is 7. The van der Waals surface area contributed by atoms with Gasteiger partial charge in [-0.3, -0.25) is 0 Å². The first-order valence-electron chi connectivity index (χ1n) is 7.34. The number of nitrogens with one attached hydrogen (secondary N) is 2. The summed E-state index contributed by atoms with van der Waals surface area (Å²) in [5.74, 6) is 0.834. The maximum Gasteiger partial charge on any atom is 0.407 e. The number of aromatic nitrogens is 1. The molecule has 0 aliphatic carbocycles. The first kappa shape index (κ1) is 17.9. The van der Waals surface area contributed by atoms with Gasteiger partial charge in [-0.05, 0) is 32.6 Å². The van der Waals surface area contributed by atoms with Crippen molar-refractivity contribution in [3.05, 3.63) is 16.6 Å². The standard InChI is InChI=1S/C15H27N3O2S/c1-11(2)12(8-16-10-13-17-6-7-21-13)9-18-14(19)20-15(3,4)5/h6-7,11-12,16H,8-10H2,1-5H3,(H,18,19). The van der Waals surface area contributed by atoms with Crippen LogP contribution in [0.3, 0.4) is 0 Å². The van der Waals surface area contributed by atoms with E-state index in [2.05, 4.69) is 29.5 Å². The maximum absolute atomic E-state index is 11.7. The summed E-state index contributed by atoms with van der Waals surface area (Å²) in [6, 6.07) is 0. The van der Waals surface area contributed by atoms with Gasteiger partial charge in [0, 0.05) is 31.2 Å². The average molecular weight is 313 g/mol. The predicted octanol–water partition coefficient (Wildman–Crippen LogP) is 3.03. The van der Waals surface area contributed by atoms with Crippen LogP contribution in [0.15, 0.2) is 11.6 Å². The highest BCUT2D eigenvalue weighted by Gasteiger charge is 2.19. The summed E-state index contributed by atoms with van der Waals surface area (Å²) in [7, 11) is 0. The zero-order valence-corrected chi connectivity index (χ0v) is 14.4. The number of amides is 1. The summed E-state index contributed by atoms with van der Waals surface area (Å²) < 4.78 is 5.25. The van der Waals surface area contributed by atoms with Crippen LogP contribution in [-0.4, -0.2) is 29.8 Å². The molecule has 0 radical (unpaired) electrons. The molecule has 120 valence electrons. The SMILES string of the molecule is CC(C)C(CNCc1nccs1)CNC(=O)OC(C)(C)C. The molecule has 1 atom stereocenters. The molecule has 0 saturated carbocycles. The average Bonchev–Trinajstić information content (AvgIpc) is 2.83. The van der Waals surface area contributed by atoms with E-state index < -0.39 is 5.60 Å². The Balaban J connectivity index is 2.31. The van der Waals surface area contributed by atoms with E-state index in [0.717, 1.165) is 18.1 Å². The first-order valence-corrected chi connectivity index (χ1v) is 8.22. The molecule has 1 heterocycles. The number of hydrogen-bond donors (Lipinski definition) is 2. The van der Waals surface area contributed by atoms with E-state index in [1.165, 1.54) is 0 Å². The van der Waals surface area contributed by atoms with Crippen LogP contribution in [0.5, 0.6) is 0 Å². The van der Waals surface area contributed by atoms with Gasteiger partial charge < -0.3 is 15.4 Å². The lowest BCUT2D eigenvalue weighted by molar-refractivity contribution is 0.0515. The highest BCUT2D eigenvalue weighted by molar-refractivity contribution is 7.09. The van der Waals surface area contributed by atoms with Crippen LogP contribution in [0.1, 0.15) is 39.6 Å². The fourth-order valence-electron chi connectivity index (χ4n) is 1.78. The predicted molar refractivity (Wildman–Crippen MR) is 86.4 cm³/mol. The fourth-order valence-corrected chi connectivity index (χ4v) is 2.36. The molecule has 0 spiro atoms. The second kappa shape index (κ2) is 8.34. The van der Waals surface area contributed by atoms with Gasteiger partial charge in [0.1, 0.15) is 10.6 Å². The number of carbonyl (C=O) groups is 1. The lowest BCUT2D eigenvalue weighted by atomic mass is 9.96. The molecule has 21 heavy (non-hydrogen) atoms. The van der Waals surface area contributed by atoms with Crippen molar-refractivity contribution in [2.75, 3.05) is 13.1 Å². The number of ether oxygens (including phenoxy) is 1. The van der Waals surface area contributed by atoms with E-state index in [-0.39, 0.29) is 6.09 Å². The number of carbonyl (C=O) groups excluding carboxylic acids is 1. The van der Waals surface area contributed by atoms with E-state index >= 15 is 0 Å². The number of hydrogen-bond acceptors (Lipinski definition) is 5. The lowest BCUT2D eigenvalue weighted by Crippen LogP contribution is -2.39. The number of nitrogens with zero attached hydrogens (tertiary/aromatic N) is 1. The van der Waals surface area contributed by atoms with Crippen LogP contribution in [0.25, 0.3) is 0 Å². The van der Waals surface area contributed by atoms with E-state index in [9.17, 15) is 4.79 Å². The van der Waals surface area contributed by atoms with Gasteiger partial charge >= 0.3 is 6.09 Å². The maximum atomic E-state index is 11.7. The van der Waals surface area contributed by atoms with E-state index in [4.69, 9.17) is 4.74 Å². The molecule has 1 aromatic heterocycles. The molecule has 1 rings (SSSR count). The fraction of sp³-hybridized carbons (Fsp3) is 0.733. The highest BCUT2D eigenvalue weighted by Crippen LogP contribution is 2.11. The molecule has 5 nitrogen and oxygen atoms in total. The molecule has 1 amide bonds. The van der Waals surface area contributed by atoms with Gasteiger partial charge in [0.15, 0.2) is 0 Å². The summed E-state index contributed by atoms with van der Waals surface area (Å²) in [5, 5.41) is 9.30. The minimum atomic E-state index is -0.458.